The van der Waals surface area contributed by atoms with Crippen molar-refractivity contribution in [2.24, 2.45) is 15.0 Å². The molecule has 1 fully saturated rings. The summed E-state index contributed by atoms with van der Waals surface area (Å²) in [5.41, 5.74) is 4.55. The maximum atomic E-state index is 12.1. The molecular formula is C40H54N12O3. The molecule has 9 N–H and O–H groups in total. The molecule has 0 radical (unpaired) electrons. The molecule has 0 spiro atoms. The van der Waals surface area contributed by atoms with Crippen LogP contribution in [0.2, 0.25) is 0 Å². The molecule has 292 valence electrons. The molecule has 3 heterocycles. The van der Waals surface area contributed by atoms with Crippen LogP contribution < -0.4 is 47.9 Å². The number of benzene rings is 3. The minimum absolute atomic E-state index is 0.00641. The van der Waals surface area contributed by atoms with Gasteiger partial charge in [-0.25, -0.2) is 0 Å². The zero-order chi connectivity index (χ0) is 38.7. The van der Waals surface area contributed by atoms with E-state index in [2.05, 4.69) is 62.8 Å². The van der Waals surface area contributed by atoms with Gasteiger partial charge >= 0.3 is 0 Å². The van der Waals surface area contributed by atoms with Gasteiger partial charge in [0.2, 0.25) is 0 Å². The van der Waals surface area contributed by atoms with Crippen LogP contribution in [0.1, 0.15) is 57.3 Å². The van der Waals surface area contributed by atoms with Crippen molar-refractivity contribution in [3.05, 3.63) is 89.5 Å². The lowest BCUT2D eigenvalue weighted by Crippen LogP contribution is -2.29. The maximum absolute atomic E-state index is 12.1. The number of amides is 3. The molecule has 4 aliphatic rings. The Balaban J connectivity index is 0.000000159. The smallest absolute Gasteiger partial charge is 0.253 e. The Kier molecular flexibility index (Phi) is 15.7. The number of carbonyl (C=O) groups excluding carboxylic acids is 3. The highest BCUT2D eigenvalue weighted by Crippen LogP contribution is 2.21. The molecule has 0 bridgehead atoms. The van der Waals surface area contributed by atoms with E-state index in [9.17, 15) is 14.4 Å². The molecule has 3 amide bonds. The summed E-state index contributed by atoms with van der Waals surface area (Å²) in [4.78, 5) is 48.7. The van der Waals surface area contributed by atoms with E-state index in [1.54, 1.807) is 13.1 Å². The molecule has 15 nitrogen and oxygen atoms in total. The van der Waals surface area contributed by atoms with Gasteiger partial charge < -0.3 is 47.9 Å². The first kappa shape index (κ1) is 40.1. The fourth-order valence-corrected chi connectivity index (χ4v) is 5.70. The van der Waals surface area contributed by atoms with Gasteiger partial charge in [-0.1, -0.05) is 43.3 Å². The zero-order valence-corrected chi connectivity index (χ0v) is 31.8. The first-order valence-electron chi connectivity index (χ1n) is 19.1. The molecule has 0 unspecified atom stereocenters. The van der Waals surface area contributed by atoms with Crippen LogP contribution in [0, 0.1) is 0 Å². The largest absolute Gasteiger partial charge is 0.377 e. The van der Waals surface area contributed by atoms with Crippen LogP contribution in [-0.4, -0.2) is 114 Å². The average molecular weight is 751 g/mol. The number of nitrogens with zero attached hydrogens (tertiary/aromatic N) is 3. The normalized spacial score (nSPS) is 15.1. The van der Waals surface area contributed by atoms with E-state index in [4.69, 9.17) is 0 Å². The number of amidine groups is 3. The van der Waals surface area contributed by atoms with Crippen molar-refractivity contribution >= 4 is 52.3 Å². The average Bonchev–Trinajstić information content (AvgIpc) is 3.64. The summed E-state index contributed by atoms with van der Waals surface area (Å²) in [7, 11) is 1.63. The molecule has 3 aromatic carbocycles. The molecule has 55 heavy (non-hydrogen) atoms. The predicted molar refractivity (Wildman–Crippen MR) is 222 cm³/mol. The maximum Gasteiger partial charge on any atom is 0.253 e. The van der Waals surface area contributed by atoms with Gasteiger partial charge in [0.1, 0.15) is 17.5 Å². The molecule has 7 rings (SSSR count). The predicted octanol–water partition coefficient (Wildman–Crippen LogP) is 2.69. The molecule has 1 saturated carbocycles. The molecule has 3 aromatic rings. The lowest BCUT2D eigenvalue weighted by Gasteiger charge is -2.12. The van der Waals surface area contributed by atoms with E-state index in [0.717, 1.165) is 93.1 Å². The molecule has 0 aromatic heterocycles. The van der Waals surface area contributed by atoms with Gasteiger partial charge in [0, 0.05) is 56.3 Å². The second-order valence-corrected chi connectivity index (χ2v) is 13.0. The van der Waals surface area contributed by atoms with Crippen molar-refractivity contribution in [1.82, 2.24) is 31.9 Å². The van der Waals surface area contributed by atoms with E-state index in [1.807, 2.05) is 73.7 Å². The van der Waals surface area contributed by atoms with Gasteiger partial charge in [-0.15, -0.1) is 0 Å². The van der Waals surface area contributed by atoms with Crippen LogP contribution >= 0.6 is 0 Å². The highest BCUT2D eigenvalue weighted by molar-refractivity contribution is 6.02. The highest BCUT2D eigenvalue weighted by atomic mass is 16.2. The first-order chi connectivity index (χ1) is 26.9. The minimum Gasteiger partial charge on any atom is -0.377 e. The van der Waals surface area contributed by atoms with Gasteiger partial charge in [0.25, 0.3) is 17.7 Å². The standard InChI is InChI=1S/C14H18N4O.C14H20N4O.C12H16N4O/c19-14(18-10-5-6-10)11-3-1-2-4-12(11)17-9-13-15-7-8-16-13;1-2-7-17-14(19)11-5-3-4-6-12(11)18-10-13-15-8-9-16-13;1-13-12(17)9-4-2-3-5-10(9)16-8-11-14-6-7-15-11/h1-4,10,17H,5-9H2,(H,15,16)(H,18,19);3-6,18H,2,7-10H2,1H3,(H,15,16)(H,17,19);2-5,16H,6-8H2,1H3,(H,13,17)(H,14,15). The third-order valence-corrected chi connectivity index (χ3v) is 8.76. The van der Waals surface area contributed by atoms with Crippen molar-refractivity contribution in [2.45, 2.75) is 32.2 Å². The Morgan fingerprint density at radius 2 is 1.00 bits per heavy atom. The Labute approximate surface area is 323 Å². The Hall–Kier alpha value is -6.12. The number of hydrogen-bond donors (Lipinski definition) is 9. The minimum atomic E-state index is -0.0885. The lowest BCUT2D eigenvalue weighted by molar-refractivity contribution is 0.0944. The number of hydrogen-bond acceptors (Lipinski definition) is 12. The van der Waals surface area contributed by atoms with Gasteiger partial charge in [0.05, 0.1) is 56.0 Å². The molecule has 0 saturated heterocycles. The zero-order valence-electron chi connectivity index (χ0n) is 31.8. The first-order valence-corrected chi connectivity index (χ1v) is 19.1. The van der Waals surface area contributed by atoms with E-state index in [1.165, 1.54) is 0 Å². The monoisotopic (exact) mass is 750 g/mol. The quantitative estimate of drug-likeness (QED) is 0.112. The number of rotatable bonds is 15. The summed E-state index contributed by atoms with van der Waals surface area (Å²) in [6.07, 6.45) is 3.13. The van der Waals surface area contributed by atoms with Crippen LogP contribution in [0.25, 0.3) is 0 Å². The third-order valence-electron chi connectivity index (χ3n) is 8.76. The van der Waals surface area contributed by atoms with Gasteiger partial charge in [-0.3, -0.25) is 29.4 Å². The summed E-state index contributed by atoms with van der Waals surface area (Å²) in [6.45, 7) is 9.80. The van der Waals surface area contributed by atoms with Gasteiger partial charge in [-0.2, -0.15) is 0 Å². The Morgan fingerprint density at radius 3 is 1.36 bits per heavy atom. The molecule has 0 atom stereocenters. The topological polar surface area (TPSA) is 197 Å². The second kappa shape index (κ2) is 21.5. The molecular weight excluding hydrogens is 697 g/mol. The van der Waals surface area contributed by atoms with Crippen molar-refractivity contribution < 1.29 is 14.4 Å². The van der Waals surface area contributed by atoms with Gasteiger partial charge in [0.15, 0.2) is 0 Å². The van der Waals surface area contributed by atoms with Crippen LogP contribution in [0.4, 0.5) is 17.1 Å². The van der Waals surface area contributed by atoms with E-state index in [-0.39, 0.29) is 17.7 Å². The summed E-state index contributed by atoms with van der Waals surface area (Å²) in [5, 5.41) is 27.9. The van der Waals surface area contributed by atoms with Crippen LogP contribution in [-0.2, 0) is 0 Å². The Bertz CT molecular complexity index is 1840. The van der Waals surface area contributed by atoms with Crippen molar-refractivity contribution in [2.75, 3.05) is 88.4 Å². The fraction of sp³-hybridized carbons (Fsp3) is 0.400. The number of nitrogens with one attached hydrogen (secondary N) is 9. The van der Waals surface area contributed by atoms with Crippen molar-refractivity contribution in [3.8, 4) is 0 Å². The van der Waals surface area contributed by atoms with Crippen molar-refractivity contribution in [1.29, 1.82) is 0 Å². The highest BCUT2D eigenvalue weighted by Gasteiger charge is 2.24. The van der Waals surface area contributed by atoms with E-state index in [0.29, 0.717) is 48.9 Å². The number of aliphatic imine (C=N–C) groups is 3. The van der Waals surface area contributed by atoms with E-state index < -0.39 is 0 Å². The lowest BCUT2D eigenvalue weighted by atomic mass is 10.1. The van der Waals surface area contributed by atoms with Crippen LogP contribution in [0.3, 0.4) is 0 Å². The number of para-hydroxylation sites is 3. The van der Waals surface area contributed by atoms with Crippen molar-refractivity contribution in [3.63, 3.8) is 0 Å². The summed E-state index contributed by atoms with van der Waals surface area (Å²) in [6, 6.07) is 22.9. The SMILES string of the molecule is CCCNC(=O)c1ccccc1NCC1=NCCN1.CNC(=O)c1ccccc1NCC1=NCCN1.O=C(NC1CC1)c1ccccc1NCC1=NCCN1. The van der Waals surface area contributed by atoms with Gasteiger partial charge in [-0.05, 0) is 55.7 Å². The number of carbonyl (C=O) groups is 3. The third kappa shape index (κ3) is 13.1. The number of anilines is 3. The molecule has 15 heteroatoms. The summed E-state index contributed by atoms with van der Waals surface area (Å²) < 4.78 is 0. The summed E-state index contributed by atoms with van der Waals surface area (Å²) >= 11 is 0. The second-order valence-electron chi connectivity index (χ2n) is 13.0. The van der Waals surface area contributed by atoms with Crippen LogP contribution in [0.15, 0.2) is 87.8 Å². The summed E-state index contributed by atoms with van der Waals surface area (Å²) in [5.74, 6) is 2.73. The van der Waals surface area contributed by atoms with E-state index >= 15 is 0 Å². The fourth-order valence-electron chi connectivity index (χ4n) is 5.70. The van der Waals surface area contributed by atoms with Crippen LogP contribution in [0.5, 0.6) is 0 Å². The Morgan fingerprint density at radius 1 is 0.600 bits per heavy atom. The molecule has 1 aliphatic carbocycles. The molecule has 3 aliphatic heterocycles.